The fourth-order valence-electron chi connectivity index (χ4n) is 4.98. The molecule has 0 saturated carbocycles. The fourth-order valence-corrected chi connectivity index (χ4v) is 4.98. The molecule has 1 aliphatic rings. The Bertz CT molecular complexity index is 1350. The molecule has 6 nitrogen and oxygen atoms in total. The van der Waals surface area contributed by atoms with E-state index in [0.717, 1.165) is 60.7 Å². The van der Waals surface area contributed by atoms with E-state index in [4.69, 9.17) is 0 Å². The number of nitrogens with zero attached hydrogens (tertiary/aromatic N) is 4. The van der Waals surface area contributed by atoms with Gasteiger partial charge in [-0.1, -0.05) is 37.3 Å². The van der Waals surface area contributed by atoms with Crippen LogP contribution in [0, 0.1) is 13.8 Å². The monoisotopic (exact) mass is 465 g/mol. The maximum absolute atomic E-state index is 13.4. The van der Waals surface area contributed by atoms with Crippen LogP contribution in [-0.2, 0) is 0 Å². The second kappa shape index (κ2) is 9.84. The largest absolute Gasteiger partial charge is 0.369 e. The molecule has 0 unspecified atom stereocenters. The normalized spacial score (nSPS) is 14.3. The van der Waals surface area contributed by atoms with E-state index in [1.54, 1.807) is 12.4 Å². The number of likely N-dealkylation sites (N-methyl/N-ethyl adjacent to an activating group) is 1. The Morgan fingerprint density at radius 2 is 1.57 bits per heavy atom. The lowest BCUT2D eigenvalue weighted by molar-refractivity contribution is 0.102. The van der Waals surface area contributed by atoms with Crippen LogP contribution in [0.1, 0.15) is 28.4 Å². The summed E-state index contributed by atoms with van der Waals surface area (Å²) in [5.41, 5.74) is 8.25. The lowest BCUT2D eigenvalue weighted by Crippen LogP contribution is -2.46. The van der Waals surface area contributed by atoms with E-state index in [2.05, 4.69) is 76.2 Å². The molecule has 178 valence electrons. The summed E-state index contributed by atoms with van der Waals surface area (Å²) in [6, 6.07) is 18.2. The second-order valence-corrected chi connectivity index (χ2v) is 9.11. The Hall–Kier alpha value is -3.77. The molecule has 1 N–H and O–H groups in total. The zero-order valence-electron chi connectivity index (χ0n) is 20.6. The molecular weight excluding hydrogens is 434 g/mol. The van der Waals surface area contributed by atoms with Gasteiger partial charge in [0.2, 0.25) is 0 Å². The zero-order chi connectivity index (χ0) is 24.4. The minimum Gasteiger partial charge on any atom is -0.369 e. The van der Waals surface area contributed by atoms with Crippen molar-refractivity contribution in [3.8, 4) is 11.1 Å². The van der Waals surface area contributed by atoms with Crippen molar-refractivity contribution >= 4 is 28.3 Å². The van der Waals surface area contributed by atoms with Gasteiger partial charge in [-0.05, 0) is 61.3 Å². The average molecular weight is 466 g/mol. The van der Waals surface area contributed by atoms with Crippen molar-refractivity contribution in [2.45, 2.75) is 20.8 Å². The van der Waals surface area contributed by atoms with E-state index in [9.17, 15) is 4.79 Å². The molecule has 0 radical (unpaired) electrons. The summed E-state index contributed by atoms with van der Waals surface area (Å²) in [5, 5.41) is 3.09. The highest BCUT2D eigenvalue weighted by atomic mass is 16.1. The van der Waals surface area contributed by atoms with E-state index < -0.39 is 0 Å². The lowest BCUT2D eigenvalue weighted by atomic mass is 9.93. The highest BCUT2D eigenvalue weighted by Gasteiger charge is 2.19. The van der Waals surface area contributed by atoms with Crippen molar-refractivity contribution in [1.29, 1.82) is 0 Å². The van der Waals surface area contributed by atoms with Crippen LogP contribution in [0.2, 0.25) is 0 Å². The van der Waals surface area contributed by atoms with E-state index in [0.29, 0.717) is 11.1 Å². The Labute approximate surface area is 206 Å². The van der Waals surface area contributed by atoms with Gasteiger partial charge in [0.1, 0.15) is 5.52 Å². The predicted octanol–water partition coefficient (Wildman–Crippen LogP) is 5.31. The number of benzene rings is 3. The molecule has 2 heterocycles. The molecule has 0 aliphatic carbocycles. The third-order valence-corrected chi connectivity index (χ3v) is 6.91. The minimum atomic E-state index is -0.184. The summed E-state index contributed by atoms with van der Waals surface area (Å²) in [4.78, 5) is 27.4. The molecule has 4 aromatic rings. The molecule has 3 aromatic carbocycles. The Morgan fingerprint density at radius 3 is 2.29 bits per heavy atom. The SMILES string of the molecule is CCN1CCN(c2cccc(NC(=O)c3ccc(-c4c(C)cccc4C)c4nccnc34)c2)CC1. The Balaban J connectivity index is 1.44. The molecule has 1 amide bonds. The van der Waals surface area contributed by atoms with Gasteiger partial charge in [-0.3, -0.25) is 14.8 Å². The summed E-state index contributed by atoms with van der Waals surface area (Å²) in [6.45, 7) is 11.6. The summed E-state index contributed by atoms with van der Waals surface area (Å²) < 4.78 is 0. The number of aryl methyl sites for hydroxylation is 2. The molecule has 6 heteroatoms. The zero-order valence-corrected chi connectivity index (χ0v) is 20.6. The van der Waals surface area contributed by atoms with E-state index in [1.807, 2.05) is 24.3 Å². The first-order valence-electron chi connectivity index (χ1n) is 12.2. The molecule has 5 rings (SSSR count). The van der Waals surface area contributed by atoms with E-state index in [-0.39, 0.29) is 5.91 Å². The number of aromatic nitrogens is 2. The fraction of sp³-hybridized carbons (Fsp3) is 0.276. The molecule has 1 saturated heterocycles. The molecule has 1 aliphatic heterocycles. The smallest absolute Gasteiger partial charge is 0.257 e. The van der Waals surface area contributed by atoms with Crippen molar-refractivity contribution in [2.75, 3.05) is 42.9 Å². The first-order valence-corrected chi connectivity index (χ1v) is 12.2. The third kappa shape index (κ3) is 4.62. The maximum Gasteiger partial charge on any atom is 0.257 e. The number of hydrogen-bond donors (Lipinski definition) is 1. The number of carbonyl (C=O) groups excluding carboxylic acids is 1. The minimum absolute atomic E-state index is 0.184. The molecule has 0 bridgehead atoms. The van der Waals surface area contributed by atoms with Crippen molar-refractivity contribution in [3.63, 3.8) is 0 Å². The van der Waals surface area contributed by atoms with E-state index >= 15 is 0 Å². The molecule has 1 fully saturated rings. The summed E-state index contributed by atoms with van der Waals surface area (Å²) in [5.74, 6) is -0.184. The van der Waals surface area contributed by atoms with Gasteiger partial charge in [-0.25, -0.2) is 0 Å². The summed E-state index contributed by atoms with van der Waals surface area (Å²) >= 11 is 0. The van der Waals surface area contributed by atoms with Crippen molar-refractivity contribution < 1.29 is 4.79 Å². The third-order valence-electron chi connectivity index (χ3n) is 6.91. The van der Waals surface area contributed by atoms with Crippen LogP contribution in [0.5, 0.6) is 0 Å². The van der Waals surface area contributed by atoms with Gasteiger partial charge in [0, 0.05) is 55.5 Å². The number of anilines is 2. The second-order valence-electron chi connectivity index (χ2n) is 9.11. The number of fused-ring (bicyclic) bond motifs is 1. The number of rotatable bonds is 5. The molecule has 35 heavy (non-hydrogen) atoms. The molecule has 0 spiro atoms. The highest BCUT2D eigenvalue weighted by molar-refractivity contribution is 6.13. The van der Waals surface area contributed by atoms with Crippen molar-refractivity contribution in [2.24, 2.45) is 0 Å². The number of amides is 1. The Kier molecular flexibility index (Phi) is 6.47. The number of piperazine rings is 1. The van der Waals surface area contributed by atoms with Crippen molar-refractivity contribution in [3.05, 3.63) is 83.7 Å². The average Bonchev–Trinajstić information content (AvgIpc) is 2.89. The van der Waals surface area contributed by atoms with Crippen LogP contribution in [0.15, 0.2) is 67.0 Å². The van der Waals surface area contributed by atoms with Crippen LogP contribution in [0.3, 0.4) is 0 Å². The summed E-state index contributed by atoms with van der Waals surface area (Å²) in [6.07, 6.45) is 3.33. The van der Waals surface area contributed by atoms with Crippen LogP contribution >= 0.6 is 0 Å². The number of hydrogen-bond acceptors (Lipinski definition) is 5. The van der Waals surface area contributed by atoms with Gasteiger partial charge in [0.05, 0.1) is 11.1 Å². The number of nitrogens with one attached hydrogen (secondary N) is 1. The molecule has 1 aromatic heterocycles. The quantitative estimate of drug-likeness (QED) is 0.433. The van der Waals surface area contributed by atoms with Crippen LogP contribution < -0.4 is 10.2 Å². The van der Waals surface area contributed by atoms with Gasteiger partial charge >= 0.3 is 0 Å². The topological polar surface area (TPSA) is 61.4 Å². The first-order chi connectivity index (χ1) is 17.0. The lowest BCUT2D eigenvalue weighted by Gasteiger charge is -2.35. The van der Waals surface area contributed by atoms with E-state index in [1.165, 1.54) is 11.1 Å². The molecular formula is C29H31N5O. The van der Waals surface area contributed by atoms with Gasteiger partial charge in [0.15, 0.2) is 0 Å². The van der Waals surface area contributed by atoms with Crippen LogP contribution in [0.25, 0.3) is 22.2 Å². The van der Waals surface area contributed by atoms with Gasteiger partial charge in [-0.15, -0.1) is 0 Å². The van der Waals surface area contributed by atoms with Crippen LogP contribution in [-0.4, -0.2) is 53.5 Å². The molecule has 0 atom stereocenters. The van der Waals surface area contributed by atoms with Gasteiger partial charge in [-0.2, -0.15) is 0 Å². The van der Waals surface area contributed by atoms with Crippen LogP contribution in [0.4, 0.5) is 11.4 Å². The number of carbonyl (C=O) groups is 1. The summed E-state index contributed by atoms with van der Waals surface area (Å²) in [7, 11) is 0. The standard InChI is InChI=1S/C29H31N5O/c1-4-33-15-17-34(18-16-33)23-10-6-9-22(19-23)32-29(35)25-12-11-24(27-28(25)31-14-13-30-27)26-20(2)7-5-8-21(26)3/h5-14,19H,4,15-18H2,1-3H3,(H,32,35). The first kappa shape index (κ1) is 23.0. The Morgan fingerprint density at radius 1 is 0.886 bits per heavy atom. The van der Waals surface area contributed by atoms with Gasteiger partial charge < -0.3 is 15.1 Å². The predicted molar refractivity (Wildman–Crippen MR) is 143 cm³/mol. The maximum atomic E-state index is 13.4. The van der Waals surface area contributed by atoms with Gasteiger partial charge in [0.25, 0.3) is 5.91 Å². The highest BCUT2D eigenvalue weighted by Crippen LogP contribution is 2.33. The van der Waals surface area contributed by atoms with Crippen molar-refractivity contribution in [1.82, 2.24) is 14.9 Å².